The third-order valence-corrected chi connectivity index (χ3v) is 2.03. The Kier molecular flexibility index (Phi) is 2.08. The number of halogens is 1. The molecular weight excluding hydrogens is 174 g/mol. The van der Waals surface area contributed by atoms with E-state index in [1.807, 2.05) is 11.6 Å². The highest BCUT2D eigenvalue weighted by atomic mass is 35.5. The smallest absolute Gasteiger partial charge is 0.174 e. The highest BCUT2D eigenvalue weighted by Crippen LogP contribution is 2.25. The summed E-state index contributed by atoms with van der Waals surface area (Å²) in [5, 5.41) is 4.53. The third-order valence-electron chi connectivity index (χ3n) is 1.75. The average molecular weight is 188 g/mol. The molecule has 2 N–H and O–H groups in total. The van der Waals surface area contributed by atoms with E-state index >= 15 is 0 Å². The van der Waals surface area contributed by atoms with E-state index in [2.05, 4.69) is 25.9 Å². The Balaban J connectivity index is 3.28. The molecule has 0 saturated carbocycles. The Morgan fingerprint density at radius 3 is 2.08 bits per heavy atom. The molecule has 0 spiro atoms. The van der Waals surface area contributed by atoms with Crippen molar-refractivity contribution in [2.24, 2.45) is 0 Å². The second kappa shape index (κ2) is 2.66. The zero-order valence-electron chi connectivity index (χ0n) is 7.85. The van der Waals surface area contributed by atoms with Crippen LogP contribution in [0.15, 0.2) is 0 Å². The largest absolute Gasteiger partial charge is 0.395 e. The average Bonchev–Trinajstić information content (AvgIpc) is 2.15. The lowest BCUT2D eigenvalue weighted by atomic mass is 10.1. The number of aromatic nitrogens is 2. The number of rotatable bonds is 0. The van der Waals surface area contributed by atoms with Crippen molar-refractivity contribution >= 4 is 17.3 Å². The summed E-state index contributed by atoms with van der Waals surface area (Å²) < 4.78 is 1.84. The normalized spacial score (nSPS) is 12.1. The van der Waals surface area contributed by atoms with Gasteiger partial charge in [0, 0.05) is 0 Å². The van der Waals surface area contributed by atoms with Gasteiger partial charge in [0.05, 0.1) is 16.9 Å². The molecule has 0 amide bonds. The second-order valence-electron chi connectivity index (χ2n) is 3.87. The molecule has 12 heavy (non-hydrogen) atoms. The zero-order valence-corrected chi connectivity index (χ0v) is 8.61. The zero-order chi connectivity index (χ0) is 9.52. The van der Waals surface area contributed by atoms with E-state index in [0.29, 0.717) is 10.8 Å². The van der Waals surface area contributed by atoms with E-state index in [9.17, 15) is 0 Å². The first-order chi connectivity index (χ1) is 5.34. The van der Waals surface area contributed by atoms with E-state index in [-0.39, 0.29) is 5.54 Å². The van der Waals surface area contributed by atoms with Crippen molar-refractivity contribution in [2.45, 2.75) is 33.2 Å². The summed E-state index contributed by atoms with van der Waals surface area (Å²) >= 11 is 5.78. The molecule has 0 atom stereocenters. The maximum Gasteiger partial charge on any atom is 0.174 e. The van der Waals surface area contributed by atoms with Crippen molar-refractivity contribution in [3.05, 3.63) is 10.8 Å². The van der Waals surface area contributed by atoms with Crippen LogP contribution in [0.2, 0.25) is 5.15 Å². The van der Waals surface area contributed by atoms with Crippen LogP contribution in [0.5, 0.6) is 0 Å². The number of hydrogen-bond donors (Lipinski definition) is 1. The van der Waals surface area contributed by atoms with E-state index in [0.717, 1.165) is 5.69 Å². The molecule has 0 unspecified atom stereocenters. The Hall–Kier alpha value is -0.700. The standard InChI is InChI=1S/C8H14ClN3/c1-5-6(10)7(9)11-12(5)8(2,3)4/h10H2,1-4H3. The molecule has 0 aromatic carbocycles. The highest BCUT2D eigenvalue weighted by molar-refractivity contribution is 6.32. The van der Waals surface area contributed by atoms with Crippen LogP contribution in [0.25, 0.3) is 0 Å². The van der Waals surface area contributed by atoms with E-state index in [1.54, 1.807) is 0 Å². The molecule has 0 fully saturated rings. The van der Waals surface area contributed by atoms with Gasteiger partial charge in [0.25, 0.3) is 0 Å². The van der Waals surface area contributed by atoms with Gasteiger partial charge in [0.2, 0.25) is 0 Å². The van der Waals surface area contributed by atoms with Gasteiger partial charge in [-0.05, 0) is 27.7 Å². The summed E-state index contributed by atoms with van der Waals surface area (Å²) in [7, 11) is 0. The van der Waals surface area contributed by atoms with Crippen LogP contribution in [0, 0.1) is 6.92 Å². The summed E-state index contributed by atoms with van der Waals surface area (Å²) in [5.74, 6) is 0. The number of nitrogen functional groups attached to an aromatic ring is 1. The SMILES string of the molecule is Cc1c(N)c(Cl)nn1C(C)(C)C. The Morgan fingerprint density at radius 2 is 1.92 bits per heavy atom. The van der Waals surface area contributed by atoms with Crippen molar-refractivity contribution < 1.29 is 0 Å². The lowest BCUT2D eigenvalue weighted by Crippen LogP contribution is -2.24. The minimum atomic E-state index is -0.0641. The molecule has 4 heteroatoms. The van der Waals surface area contributed by atoms with Crippen LogP contribution in [-0.2, 0) is 5.54 Å². The lowest BCUT2D eigenvalue weighted by Gasteiger charge is -2.20. The number of nitrogens with two attached hydrogens (primary N) is 1. The molecular formula is C8H14ClN3. The summed E-state index contributed by atoms with van der Waals surface area (Å²) in [6.45, 7) is 8.09. The number of anilines is 1. The van der Waals surface area contributed by atoms with E-state index in [4.69, 9.17) is 17.3 Å². The fourth-order valence-electron chi connectivity index (χ4n) is 1.13. The first-order valence-corrected chi connectivity index (χ1v) is 4.23. The van der Waals surface area contributed by atoms with Crippen LogP contribution < -0.4 is 5.73 Å². The van der Waals surface area contributed by atoms with Crippen molar-refractivity contribution in [2.75, 3.05) is 5.73 Å². The van der Waals surface area contributed by atoms with Crippen LogP contribution in [-0.4, -0.2) is 9.78 Å². The van der Waals surface area contributed by atoms with Crippen molar-refractivity contribution in [3.8, 4) is 0 Å². The molecule has 1 aromatic heterocycles. The molecule has 1 aromatic rings. The molecule has 68 valence electrons. The molecule has 1 heterocycles. The molecule has 3 nitrogen and oxygen atoms in total. The first kappa shape index (κ1) is 9.39. The predicted octanol–water partition coefficient (Wildman–Crippen LogP) is 2.18. The van der Waals surface area contributed by atoms with Gasteiger partial charge in [0.1, 0.15) is 0 Å². The Labute approximate surface area is 77.5 Å². The van der Waals surface area contributed by atoms with Crippen molar-refractivity contribution in [1.82, 2.24) is 9.78 Å². The molecule has 0 aliphatic rings. The first-order valence-electron chi connectivity index (χ1n) is 3.85. The maximum absolute atomic E-state index is 5.78. The summed E-state index contributed by atoms with van der Waals surface area (Å²) in [6.07, 6.45) is 0. The van der Waals surface area contributed by atoms with Crippen LogP contribution >= 0.6 is 11.6 Å². The monoisotopic (exact) mass is 187 g/mol. The van der Waals surface area contributed by atoms with Gasteiger partial charge in [-0.15, -0.1) is 0 Å². The van der Waals surface area contributed by atoms with Crippen LogP contribution in [0.1, 0.15) is 26.5 Å². The Morgan fingerprint density at radius 1 is 1.42 bits per heavy atom. The molecule has 0 bridgehead atoms. The fraction of sp³-hybridized carbons (Fsp3) is 0.625. The van der Waals surface area contributed by atoms with Gasteiger partial charge in [-0.3, -0.25) is 4.68 Å². The molecule has 0 aliphatic carbocycles. The van der Waals surface area contributed by atoms with E-state index in [1.165, 1.54) is 0 Å². The number of nitrogens with zero attached hydrogens (tertiary/aromatic N) is 2. The van der Waals surface area contributed by atoms with Gasteiger partial charge in [-0.25, -0.2) is 0 Å². The minimum absolute atomic E-state index is 0.0641. The lowest BCUT2D eigenvalue weighted by molar-refractivity contribution is 0.348. The molecule has 0 saturated heterocycles. The molecule has 1 rings (SSSR count). The van der Waals surface area contributed by atoms with E-state index < -0.39 is 0 Å². The summed E-state index contributed by atoms with van der Waals surface area (Å²) in [4.78, 5) is 0. The van der Waals surface area contributed by atoms with Crippen LogP contribution in [0.4, 0.5) is 5.69 Å². The van der Waals surface area contributed by atoms with Crippen molar-refractivity contribution in [1.29, 1.82) is 0 Å². The third kappa shape index (κ3) is 1.41. The topological polar surface area (TPSA) is 43.8 Å². The number of hydrogen-bond acceptors (Lipinski definition) is 2. The fourth-order valence-corrected chi connectivity index (χ4v) is 1.35. The summed E-state index contributed by atoms with van der Waals surface area (Å²) in [6, 6.07) is 0. The van der Waals surface area contributed by atoms with Crippen molar-refractivity contribution in [3.63, 3.8) is 0 Å². The van der Waals surface area contributed by atoms with Gasteiger partial charge in [-0.1, -0.05) is 11.6 Å². The highest BCUT2D eigenvalue weighted by Gasteiger charge is 2.19. The molecule has 0 aliphatic heterocycles. The summed E-state index contributed by atoms with van der Waals surface area (Å²) in [5.41, 5.74) is 7.12. The Bertz CT molecular complexity index is 296. The van der Waals surface area contributed by atoms with Gasteiger partial charge in [0.15, 0.2) is 5.15 Å². The molecule has 0 radical (unpaired) electrons. The van der Waals surface area contributed by atoms with Crippen LogP contribution in [0.3, 0.4) is 0 Å². The minimum Gasteiger partial charge on any atom is -0.395 e. The van der Waals surface area contributed by atoms with Gasteiger partial charge < -0.3 is 5.73 Å². The quantitative estimate of drug-likeness (QED) is 0.677. The maximum atomic E-state index is 5.78. The second-order valence-corrected chi connectivity index (χ2v) is 4.23. The van der Waals surface area contributed by atoms with Gasteiger partial charge >= 0.3 is 0 Å². The van der Waals surface area contributed by atoms with Gasteiger partial charge in [-0.2, -0.15) is 5.10 Å². The predicted molar refractivity (Wildman–Crippen MR) is 51.4 cm³/mol.